The van der Waals surface area contributed by atoms with Gasteiger partial charge in [0.15, 0.2) is 5.82 Å². The van der Waals surface area contributed by atoms with Crippen molar-refractivity contribution in [2.24, 2.45) is 0 Å². The zero-order valence-electron chi connectivity index (χ0n) is 14.7. The van der Waals surface area contributed by atoms with Crippen LogP contribution in [0.4, 0.5) is 4.39 Å². The normalized spacial score (nSPS) is 12.1. The Hall–Kier alpha value is -3.10. The SMILES string of the molecule is O=c1c(=Cc2ccc(-c3ccc(F)cc3)o2)sc2nc(-c3ccccc3Br)nn12. The Morgan fingerprint density at radius 2 is 1.86 bits per heavy atom. The van der Waals surface area contributed by atoms with Crippen LogP contribution >= 0.6 is 27.3 Å². The lowest BCUT2D eigenvalue weighted by Gasteiger charge is -1.97. The monoisotopic (exact) mass is 467 g/mol. The number of benzene rings is 2. The van der Waals surface area contributed by atoms with Crippen molar-refractivity contribution in [1.82, 2.24) is 14.6 Å². The van der Waals surface area contributed by atoms with Gasteiger partial charge in [-0.2, -0.15) is 9.50 Å². The molecule has 0 bridgehead atoms. The Balaban J connectivity index is 1.53. The summed E-state index contributed by atoms with van der Waals surface area (Å²) in [6.07, 6.45) is 1.66. The molecule has 2 aromatic carbocycles. The van der Waals surface area contributed by atoms with Gasteiger partial charge in [-0.05, 0) is 48.5 Å². The first kappa shape index (κ1) is 18.0. The van der Waals surface area contributed by atoms with Crippen molar-refractivity contribution in [2.45, 2.75) is 0 Å². The zero-order chi connectivity index (χ0) is 20.0. The van der Waals surface area contributed by atoms with Gasteiger partial charge >= 0.3 is 0 Å². The molecule has 0 spiro atoms. The first-order chi connectivity index (χ1) is 14.1. The molecule has 5 rings (SSSR count). The molecule has 5 aromatic rings. The minimum atomic E-state index is -0.306. The van der Waals surface area contributed by atoms with E-state index in [1.54, 1.807) is 30.3 Å². The van der Waals surface area contributed by atoms with Crippen LogP contribution in [-0.4, -0.2) is 14.6 Å². The minimum absolute atomic E-state index is 0.254. The lowest BCUT2D eigenvalue weighted by Crippen LogP contribution is -2.23. The number of fused-ring (bicyclic) bond motifs is 1. The standard InChI is InChI=1S/C21H11BrFN3O2S/c22-16-4-2-1-3-15(16)19-24-21-26(25-19)20(27)18(29-21)11-14-9-10-17(28-14)12-5-7-13(23)8-6-12/h1-11H. The van der Waals surface area contributed by atoms with E-state index >= 15 is 0 Å². The second kappa shape index (κ2) is 7.06. The fraction of sp³-hybridized carbons (Fsp3) is 0. The van der Waals surface area contributed by atoms with E-state index in [1.807, 2.05) is 24.3 Å². The van der Waals surface area contributed by atoms with Crippen LogP contribution in [0.25, 0.3) is 33.7 Å². The molecule has 0 saturated heterocycles. The molecule has 0 amide bonds. The van der Waals surface area contributed by atoms with Gasteiger partial charge in [-0.1, -0.05) is 39.4 Å². The Kier molecular flexibility index (Phi) is 4.37. The largest absolute Gasteiger partial charge is 0.457 e. The molecule has 29 heavy (non-hydrogen) atoms. The molecule has 5 nitrogen and oxygen atoms in total. The Labute approximate surface area is 175 Å². The number of rotatable bonds is 3. The third-order valence-corrected chi connectivity index (χ3v) is 5.98. The number of nitrogens with zero attached hydrogens (tertiary/aromatic N) is 3. The molecule has 0 fully saturated rings. The highest BCUT2D eigenvalue weighted by Gasteiger charge is 2.14. The molecule has 3 aromatic heterocycles. The van der Waals surface area contributed by atoms with E-state index in [9.17, 15) is 9.18 Å². The van der Waals surface area contributed by atoms with Gasteiger partial charge in [0.25, 0.3) is 5.56 Å². The van der Waals surface area contributed by atoms with Crippen LogP contribution in [-0.2, 0) is 0 Å². The summed E-state index contributed by atoms with van der Waals surface area (Å²) in [7, 11) is 0. The lowest BCUT2D eigenvalue weighted by molar-refractivity contribution is 0.571. The van der Waals surface area contributed by atoms with Gasteiger partial charge in [-0.3, -0.25) is 4.79 Å². The maximum atomic E-state index is 13.1. The van der Waals surface area contributed by atoms with E-state index < -0.39 is 0 Å². The summed E-state index contributed by atoms with van der Waals surface area (Å²) >= 11 is 4.72. The smallest absolute Gasteiger partial charge is 0.291 e. The summed E-state index contributed by atoms with van der Waals surface area (Å²) in [5.74, 6) is 1.31. The summed E-state index contributed by atoms with van der Waals surface area (Å²) in [5, 5.41) is 4.35. The van der Waals surface area contributed by atoms with Crippen molar-refractivity contribution in [3.8, 4) is 22.7 Å². The van der Waals surface area contributed by atoms with E-state index in [1.165, 1.54) is 28.0 Å². The maximum Gasteiger partial charge on any atom is 0.291 e. The lowest BCUT2D eigenvalue weighted by atomic mass is 10.2. The van der Waals surface area contributed by atoms with Crippen LogP contribution in [0, 0.1) is 5.82 Å². The molecular formula is C21H11BrFN3O2S. The number of aromatic nitrogens is 3. The van der Waals surface area contributed by atoms with Crippen LogP contribution in [0.2, 0.25) is 0 Å². The quantitative estimate of drug-likeness (QED) is 0.391. The maximum absolute atomic E-state index is 13.1. The molecule has 0 atom stereocenters. The van der Waals surface area contributed by atoms with Gasteiger partial charge < -0.3 is 4.42 Å². The van der Waals surface area contributed by atoms with E-state index in [4.69, 9.17) is 4.42 Å². The highest BCUT2D eigenvalue weighted by molar-refractivity contribution is 9.10. The van der Waals surface area contributed by atoms with Crippen LogP contribution in [0.1, 0.15) is 5.76 Å². The van der Waals surface area contributed by atoms with Gasteiger partial charge in [0.1, 0.15) is 21.9 Å². The molecule has 142 valence electrons. The Morgan fingerprint density at radius 3 is 2.62 bits per heavy atom. The van der Waals surface area contributed by atoms with Crippen LogP contribution in [0.3, 0.4) is 0 Å². The topological polar surface area (TPSA) is 60.4 Å². The van der Waals surface area contributed by atoms with E-state index in [-0.39, 0.29) is 11.4 Å². The Bertz CT molecular complexity index is 1450. The van der Waals surface area contributed by atoms with Crippen LogP contribution < -0.4 is 10.1 Å². The van der Waals surface area contributed by atoms with E-state index in [0.29, 0.717) is 26.8 Å². The van der Waals surface area contributed by atoms with Crippen molar-refractivity contribution in [2.75, 3.05) is 0 Å². The number of furan rings is 1. The summed E-state index contributed by atoms with van der Waals surface area (Å²) in [6.45, 7) is 0. The van der Waals surface area contributed by atoms with Crippen molar-refractivity contribution < 1.29 is 8.81 Å². The highest BCUT2D eigenvalue weighted by Crippen LogP contribution is 2.26. The highest BCUT2D eigenvalue weighted by atomic mass is 79.9. The fourth-order valence-corrected chi connectivity index (χ4v) is 4.27. The molecule has 0 aliphatic carbocycles. The van der Waals surface area contributed by atoms with E-state index in [0.717, 1.165) is 15.6 Å². The Morgan fingerprint density at radius 1 is 1.07 bits per heavy atom. The third-order valence-electron chi connectivity index (χ3n) is 4.33. The average Bonchev–Trinajstić information content (AvgIpc) is 3.41. The number of hydrogen-bond acceptors (Lipinski definition) is 5. The van der Waals surface area contributed by atoms with Gasteiger partial charge in [0, 0.05) is 21.7 Å². The third kappa shape index (κ3) is 3.30. The van der Waals surface area contributed by atoms with Crippen molar-refractivity contribution in [3.05, 3.63) is 91.6 Å². The molecule has 3 heterocycles. The minimum Gasteiger partial charge on any atom is -0.457 e. The predicted octanol–water partition coefficient (Wildman–Crippen LogP) is 4.53. The molecule has 0 aliphatic heterocycles. The first-order valence-electron chi connectivity index (χ1n) is 8.60. The van der Waals surface area contributed by atoms with Gasteiger partial charge in [-0.25, -0.2) is 4.39 Å². The van der Waals surface area contributed by atoms with Crippen LogP contribution in [0.15, 0.2) is 74.3 Å². The second-order valence-electron chi connectivity index (χ2n) is 6.23. The molecule has 0 saturated carbocycles. The molecule has 8 heteroatoms. The van der Waals surface area contributed by atoms with Crippen molar-refractivity contribution in [3.63, 3.8) is 0 Å². The summed E-state index contributed by atoms with van der Waals surface area (Å²) in [6, 6.07) is 17.2. The molecule has 0 radical (unpaired) electrons. The summed E-state index contributed by atoms with van der Waals surface area (Å²) < 4.78 is 21.5. The average molecular weight is 468 g/mol. The number of thiazole rings is 1. The molecular weight excluding hydrogens is 457 g/mol. The summed E-state index contributed by atoms with van der Waals surface area (Å²) in [4.78, 5) is 17.7. The number of hydrogen-bond donors (Lipinski definition) is 0. The predicted molar refractivity (Wildman–Crippen MR) is 113 cm³/mol. The second-order valence-corrected chi connectivity index (χ2v) is 8.10. The van der Waals surface area contributed by atoms with Crippen LogP contribution in [0.5, 0.6) is 0 Å². The van der Waals surface area contributed by atoms with E-state index in [2.05, 4.69) is 26.0 Å². The van der Waals surface area contributed by atoms with Gasteiger partial charge in [0.2, 0.25) is 4.96 Å². The van der Waals surface area contributed by atoms with Crippen molar-refractivity contribution >= 4 is 38.3 Å². The van der Waals surface area contributed by atoms with Crippen molar-refractivity contribution in [1.29, 1.82) is 0 Å². The van der Waals surface area contributed by atoms with Gasteiger partial charge in [-0.15, -0.1) is 5.10 Å². The first-order valence-corrected chi connectivity index (χ1v) is 10.2. The zero-order valence-corrected chi connectivity index (χ0v) is 17.1. The molecule has 0 aliphatic rings. The molecule has 0 unspecified atom stereocenters. The number of halogens is 2. The molecule has 0 N–H and O–H groups in total. The fourth-order valence-electron chi connectivity index (χ4n) is 2.92. The van der Waals surface area contributed by atoms with Gasteiger partial charge in [0.05, 0.1) is 0 Å². The summed E-state index contributed by atoms with van der Waals surface area (Å²) in [5.41, 5.74) is 1.33.